The van der Waals surface area contributed by atoms with Crippen LogP contribution < -0.4 is 15.4 Å². The summed E-state index contributed by atoms with van der Waals surface area (Å²) in [4.78, 5) is 29.8. The molecule has 2 N–H and O–H groups in total. The average Bonchev–Trinajstić information content (AvgIpc) is 3.18. The fourth-order valence-electron chi connectivity index (χ4n) is 3.65. The highest BCUT2D eigenvalue weighted by molar-refractivity contribution is 5.99. The summed E-state index contributed by atoms with van der Waals surface area (Å²) in [6, 6.07) is 6.82. The number of aromatic nitrogens is 2. The smallest absolute Gasteiger partial charge is 0.252 e. The molecule has 0 spiro atoms. The molecular formula is C22H30N4O4. The maximum absolute atomic E-state index is 12.9. The summed E-state index contributed by atoms with van der Waals surface area (Å²) in [7, 11) is 0. The van der Waals surface area contributed by atoms with Gasteiger partial charge in [0.25, 0.3) is 5.91 Å². The molecule has 2 amide bonds. The predicted molar refractivity (Wildman–Crippen MR) is 111 cm³/mol. The van der Waals surface area contributed by atoms with Crippen molar-refractivity contribution in [2.45, 2.75) is 70.9 Å². The van der Waals surface area contributed by atoms with E-state index < -0.39 is 5.54 Å². The standard InChI is InChI=1S/C22H30N4O4/c1-3-4-14-23-21(28)22(12-6-5-7-13-22)25-20(27)17-8-10-18(11-9-17)29-15-19-24-16(2)30-26-19/h8-11H,3-7,12-15H2,1-2H3,(H,23,28)(H,25,27). The first-order valence-electron chi connectivity index (χ1n) is 10.7. The van der Waals surface area contributed by atoms with Crippen molar-refractivity contribution >= 4 is 11.8 Å². The number of rotatable bonds is 9. The van der Waals surface area contributed by atoms with Gasteiger partial charge in [0.15, 0.2) is 6.61 Å². The molecule has 0 saturated heterocycles. The summed E-state index contributed by atoms with van der Waals surface area (Å²) in [5.74, 6) is 1.22. The second kappa shape index (κ2) is 10.2. The van der Waals surface area contributed by atoms with Gasteiger partial charge in [0.1, 0.15) is 11.3 Å². The van der Waals surface area contributed by atoms with Gasteiger partial charge in [-0.1, -0.05) is 37.8 Å². The van der Waals surface area contributed by atoms with Crippen molar-refractivity contribution in [3.05, 3.63) is 41.5 Å². The number of nitrogens with one attached hydrogen (secondary N) is 2. The van der Waals surface area contributed by atoms with Crippen molar-refractivity contribution in [3.8, 4) is 5.75 Å². The van der Waals surface area contributed by atoms with Gasteiger partial charge in [-0.15, -0.1) is 0 Å². The van der Waals surface area contributed by atoms with E-state index in [0.29, 0.717) is 42.4 Å². The third kappa shape index (κ3) is 5.58. The molecule has 0 atom stereocenters. The normalized spacial score (nSPS) is 15.4. The van der Waals surface area contributed by atoms with Crippen molar-refractivity contribution in [3.63, 3.8) is 0 Å². The summed E-state index contributed by atoms with van der Waals surface area (Å²) in [6.45, 7) is 4.62. The molecule has 0 bridgehead atoms. The summed E-state index contributed by atoms with van der Waals surface area (Å²) in [6.07, 6.45) is 6.24. The summed E-state index contributed by atoms with van der Waals surface area (Å²) in [5.41, 5.74) is -0.335. The van der Waals surface area contributed by atoms with E-state index in [-0.39, 0.29) is 18.4 Å². The molecule has 1 aliphatic rings. The predicted octanol–water partition coefficient (Wildman–Crippen LogP) is 3.31. The van der Waals surface area contributed by atoms with Crippen LogP contribution in [0.2, 0.25) is 0 Å². The van der Waals surface area contributed by atoms with Crippen LogP contribution in [0.5, 0.6) is 5.75 Å². The van der Waals surface area contributed by atoms with Crippen molar-refractivity contribution in [2.75, 3.05) is 6.54 Å². The Balaban J connectivity index is 1.61. The van der Waals surface area contributed by atoms with Crippen molar-refractivity contribution < 1.29 is 18.8 Å². The Morgan fingerprint density at radius 2 is 1.90 bits per heavy atom. The lowest BCUT2D eigenvalue weighted by atomic mass is 9.80. The lowest BCUT2D eigenvalue weighted by Crippen LogP contribution is -2.59. The number of hydrogen-bond donors (Lipinski definition) is 2. The minimum absolute atomic E-state index is 0.0700. The average molecular weight is 415 g/mol. The van der Waals surface area contributed by atoms with Gasteiger partial charge in [-0.2, -0.15) is 4.98 Å². The number of benzene rings is 1. The molecule has 8 nitrogen and oxygen atoms in total. The highest BCUT2D eigenvalue weighted by Crippen LogP contribution is 2.29. The fraction of sp³-hybridized carbons (Fsp3) is 0.545. The number of carbonyl (C=O) groups is 2. The highest BCUT2D eigenvalue weighted by Gasteiger charge is 2.40. The summed E-state index contributed by atoms with van der Waals surface area (Å²) < 4.78 is 10.5. The number of aryl methyl sites for hydroxylation is 1. The second-order valence-electron chi connectivity index (χ2n) is 7.75. The number of carbonyl (C=O) groups excluding carboxylic acids is 2. The van der Waals surface area contributed by atoms with Gasteiger partial charge in [0.05, 0.1) is 0 Å². The zero-order valence-electron chi connectivity index (χ0n) is 17.7. The van der Waals surface area contributed by atoms with Crippen LogP contribution in [0.25, 0.3) is 0 Å². The Morgan fingerprint density at radius 1 is 1.17 bits per heavy atom. The first-order valence-corrected chi connectivity index (χ1v) is 10.7. The Bertz CT molecular complexity index is 841. The second-order valence-corrected chi connectivity index (χ2v) is 7.75. The molecule has 1 aromatic heterocycles. The van der Waals surface area contributed by atoms with Gasteiger partial charge < -0.3 is 19.9 Å². The molecule has 2 aromatic rings. The van der Waals surface area contributed by atoms with E-state index in [0.717, 1.165) is 32.1 Å². The molecule has 1 heterocycles. The molecule has 1 aliphatic carbocycles. The van der Waals surface area contributed by atoms with Crippen molar-refractivity contribution in [1.29, 1.82) is 0 Å². The van der Waals surface area contributed by atoms with Crippen LogP contribution in [0.1, 0.15) is 73.9 Å². The van der Waals surface area contributed by atoms with Gasteiger partial charge in [-0.05, 0) is 43.5 Å². The van der Waals surface area contributed by atoms with Crippen LogP contribution >= 0.6 is 0 Å². The number of nitrogens with zero attached hydrogens (tertiary/aromatic N) is 2. The molecule has 0 unspecified atom stereocenters. The highest BCUT2D eigenvalue weighted by atomic mass is 16.5. The first-order chi connectivity index (χ1) is 14.5. The SMILES string of the molecule is CCCCNC(=O)C1(NC(=O)c2ccc(OCc3noc(C)n3)cc2)CCCCC1. The molecule has 8 heteroatoms. The third-order valence-electron chi connectivity index (χ3n) is 5.36. The first kappa shape index (κ1) is 21.8. The summed E-state index contributed by atoms with van der Waals surface area (Å²) >= 11 is 0. The van der Waals surface area contributed by atoms with E-state index in [4.69, 9.17) is 9.26 Å². The van der Waals surface area contributed by atoms with Gasteiger partial charge >= 0.3 is 0 Å². The van der Waals surface area contributed by atoms with Crippen LogP contribution in [-0.4, -0.2) is 34.0 Å². The maximum Gasteiger partial charge on any atom is 0.252 e. The largest absolute Gasteiger partial charge is 0.485 e. The monoisotopic (exact) mass is 414 g/mol. The van der Waals surface area contributed by atoms with Crippen LogP contribution in [-0.2, 0) is 11.4 Å². The van der Waals surface area contributed by atoms with Crippen molar-refractivity contribution in [1.82, 2.24) is 20.8 Å². The van der Waals surface area contributed by atoms with Crippen LogP contribution in [0, 0.1) is 6.92 Å². The molecule has 0 radical (unpaired) electrons. The molecular weight excluding hydrogens is 384 g/mol. The lowest BCUT2D eigenvalue weighted by molar-refractivity contribution is -0.128. The molecule has 1 saturated carbocycles. The topological polar surface area (TPSA) is 106 Å². The van der Waals surface area contributed by atoms with E-state index in [2.05, 4.69) is 27.7 Å². The molecule has 30 heavy (non-hydrogen) atoms. The van der Waals surface area contributed by atoms with E-state index in [1.165, 1.54) is 0 Å². The molecule has 162 valence electrons. The Labute approximate surface area is 176 Å². The minimum Gasteiger partial charge on any atom is -0.485 e. The van der Waals surface area contributed by atoms with E-state index >= 15 is 0 Å². The number of unbranched alkanes of at least 4 members (excludes halogenated alkanes) is 1. The van der Waals surface area contributed by atoms with E-state index in [9.17, 15) is 9.59 Å². The number of ether oxygens (including phenoxy) is 1. The van der Waals surface area contributed by atoms with Crippen molar-refractivity contribution in [2.24, 2.45) is 0 Å². The van der Waals surface area contributed by atoms with Gasteiger partial charge in [-0.3, -0.25) is 9.59 Å². The van der Waals surface area contributed by atoms with Gasteiger partial charge in [0.2, 0.25) is 17.6 Å². The number of hydrogen-bond acceptors (Lipinski definition) is 6. The van der Waals surface area contributed by atoms with E-state index in [1.54, 1.807) is 31.2 Å². The third-order valence-corrected chi connectivity index (χ3v) is 5.36. The minimum atomic E-state index is -0.825. The lowest BCUT2D eigenvalue weighted by Gasteiger charge is -2.36. The zero-order valence-corrected chi connectivity index (χ0v) is 17.7. The molecule has 3 rings (SSSR count). The Morgan fingerprint density at radius 3 is 2.53 bits per heavy atom. The molecule has 1 fully saturated rings. The Kier molecular flexibility index (Phi) is 7.43. The van der Waals surface area contributed by atoms with E-state index in [1.807, 2.05) is 0 Å². The number of amides is 2. The molecule has 1 aromatic carbocycles. The maximum atomic E-state index is 12.9. The van der Waals surface area contributed by atoms with Crippen LogP contribution in [0.3, 0.4) is 0 Å². The van der Waals surface area contributed by atoms with Gasteiger partial charge in [-0.25, -0.2) is 0 Å². The van der Waals surface area contributed by atoms with Crippen LogP contribution in [0.4, 0.5) is 0 Å². The fourth-order valence-corrected chi connectivity index (χ4v) is 3.65. The quantitative estimate of drug-likeness (QED) is 0.610. The van der Waals surface area contributed by atoms with Crippen LogP contribution in [0.15, 0.2) is 28.8 Å². The summed E-state index contributed by atoms with van der Waals surface area (Å²) in [5, 5.41) is 9.81. The van der Waals surface area contributed by atoms with Gasteiger partial charge in [0, 0.05) is 19.0 Å². The Hall–Kier alpha value is -2.90. The zero-order chi connectivity index (χ0) is 21.4. The molecule has 0 aliphatic heterocycles.